The Bertz CT molecular complexity index is 448. The Labute approximate surface area is 98.0 Å². The molecule has 1 N–H and O–H groups in total. The van der Waals surface area contributed by atoms with Crippen molar-refractivity contribution >= 4 is 23.1 Å². The van der Waals surface area contributed by atoms with Crippen LogP contribution in [-0.4, -0.2) is 15.9 Å². The summed E-state index contributed by atoms with van der Waals surface area (Å²) in [4.78, 5) is 14.2. The molecule has 1 aliphatic rings. The fraction of sp³-hybridized carbons (Fsp3) is 0.500. The van der Waals surface area contributed by atoms with Crippen molar-refractivity contribution in [3.63, 3.8) is 0 Å². The third-order valence-corrected chi connectivity index (χ3v) is 3.02. The van der Waals surface area contributed by atoms with Gasteiger partial charge in [-0.05, 0) is 11.8 Å². The number of nitro groups is 1. The molecule has 0 aliphatic heterocycles. The molecular formula is C10H12ClN3O2. The molecule has 0 radical (unpaired) electrons. The van der Waals surface area contributed by atoms with Gasteiger partial charge in [0.1, 0.15) is 11.0 Å². The van der Waals surface area contributed by atoms with Crippen LogP contribution in [0.5, 0.6) is 0 Å². The van der Waals surface area contributed by atoms with Gasteiger partial charge >= 0.3 is 0 Å². The standard InChI is InChI=1S/C10H12ClN3O2/c1-10(2)5-7(10)12-9-4-6(14(15)16)3-8(11)13-9/h3-4,7H,5H2,1-2H3,(H,12,13). The Morgan fingerprint density at radius 3 is 2.75 bits per heavy atom. The van der Waals surface area contributed by atoms with E-state index in [9.17, 15) is 10.1 Å². The molecule has 1 saturated carbocycles. The maximum absolute atomic E-state index is 10.6. The van der Waals surface area contributed by atoms with Crippen molar-refractivity contribution in [3.8, 4) is 0 Å². The lowest BCUT2D eigenvalue weighted by molar-refractivity contribution is -0.384. The first-order valence-electron chi connectivity index (χ1n) is 4.97. The van der Waals surface area contributed by atoms with Crippen LogP contribution in [-0.2, 0) is 0 Å². The molecule has 0 saturated heterocycles. The third kappa shape index (κ3) is 2.24. The van der Waals surface area contributed by atoms with E-state index < -0.39 is 4.92 Å². The maximum Gasteiger partial charge on any atom is 0.276 e. The van der Waals surface area contributed by atoms with E-state index in [1.807, 2.05) is 0 Å². The van der Waals surface area contributed by atoms with Crippen LogP contribution in [0.3, 0.4) is 0 Å². The van der Waals surface area contributed by atoms with Gasteiger partial charge in [0.05, 0.1) is 17.1 Å². The molecule has 2 rings (SSSR count). The molecule has 1 atom stereocenters. The van der Waals surface area contributed by atoms with E-state index >= 15 is 0 Å². The average molecular weight is 242 g/mol. The Hall–Kier alpha value is -1.36. The highest BCUT2D eigenvalue weighted by molar-refractivity contribution is 6.29. The van der Waals surface area contributed by atoms with Crippen molar-refractivity contribution < 1.29 is 4.92 Å². The molecule has 86 valence electrons. The van der Waals surface area contributed by atoms with E-state index in [4.69, 9.17) is 11.6 Å². The minimum atomic E-state index is -0.475. The molecule has 1 unspecified atom stereocenters. The molecular weight excluding hydrogens is 230 g/mol. The first kappa shape index (κ1) is 11.1. The molecule has 5 nitrogen and oxygen atoms in total. The highest BCUT2D eigenvalue weighted by Crippen LogP contribution is 2.46. The van der Waals surface area contributed by atoms with Crippen molar-refractivity contribution in [3.05, 3.63) is 27.4 Å². The molecule has 0 bridgehead atoms. The summed E-state index contributed by atoms with van der Waals surface area (Å²) in [6.07, 6.45) is 1.04. The zero-order valence-electron chi connectivity index (χ0n) is 9.03. The Balaban J connectivity index is 2.18. The summed E-state index contributed by atoms with van der Waals surface area (Å²) in [7, 11) is 0. The largest absolute Gasteiger partial charge is 0.367 e. The second-order valence-corrected chi connectivity index (χ2v) is 5.07. The van der Waals surface area contributed by atoms with Crippen molar-refractivity contribution in [2.45, 2.75) is 26.3 Å². The molecule has 0 aromatic carbocycles. The number of hydrogen-bond acceptors (Lipinski definition) is 4. The van der Waals surface area contributed by atoms with Crippen LogP contribution in [0.25, 0.3) is 0 Å². The van der Waals surface area contributed by atoms with Gasteiger partial charge in [0.2, 0.25) is 0 Å². The van der Waals surface area contributed by atoms with Crippen LogP contribution in [0.1, 0.15) is 20.3 Å². The topological polar surface area (TPSA) is 68.1 Å². The lowest BCUT2D eigenvalue weighted by atomic mass is 10.2. The van der Waals surface area contributed by atoms with Crippen molar-refractivity contribution in [1.29, 1.82) is 0 Å². The van der Waals surface area contributed by atoms with Crippen LogP contribution >= 0.6 is 11.6 Å². The van der Waals surface area contributed by atoms with Crippen LogP contribution in [0.2, 0.25) is 5.15 Å². The van der Waals surface area contributed by atoms with Crippen LogP contribution in [0.15, 0.2) is 12.1 Å². The highest BCUT2D eigenvalue weighted by atomic mass is 35.5. The molecule has 1 aromatic rings. The number of halogens is 1. The van der Waals surface area contributed by atoms with Gasteiger partial charge < -0.3 is 5.32 Å². The number of rotatable bonds is 3. The van der Waals surface area contributed by atoms with E-state index in [-0.39, 0.29) is 16.3 Å². The third-order valence-electron chi connectivity index (χ3n) is 2.83. The quantitative estimate of drug-likeness (QED) is 0.502. The summed E-state index contributed by atoms with van der Waals surface area (Å²) in [6, 6.07) is 2.96. The zero-order chi connectivity index (χ0) is 11.9. The van der Waals surface area contributed by atoms with Gasteiger partial charge in [-0.2, -0.15) is 0 Å². The van der Waals surface area contributed by atoms with E-state index in [0.717, 1.165) is 6.42 Å². The van der Waals surface area contributed by atoms with Gasteiger partial charge in [0.25, 0.3) is 5.69 Å². The molecule has 1 aliphatic carbocycles. The van der Waals surface area contributed by atoms with Crippen LogP contribution in [0.4, 0.5) is 11.5 Å². The second kappa shape index (κ2) is 3.59. The van der Waals surface area contributed by atoms with Crippen molar-refractivity contribution in [2.75, 3.05) is 5.32 Å². The van der Waals surface area contributed by atoms with E-state index in [0.29, 0.717) is 11.9 Å². The predicted molar refractivity (Wildman–Crippen MR) is 61.7 cm³/mol. The summed E-state index contributed by atoms with van der Waals surface area (Å²) in [5.41, 5.74) is 0.194. The normalized spacial score (nSPS) is 21.6. The van der Waals surface area contributed by atoms with Gasteiger partial charge in [0.15, 0.2) is 0 Å². The fourth-order valence-corrected chi connectivity index (χ4v) is 1.76. The average Bonchev–Trinajstić information content (AvgIpc) is 2.72. The molecule has 1 heterocycles. The lowest BCUT2D eigenvalue weighted by Crippen LogP contribution is -2.09. The van der Waals surface area contributed by atoms with E-state index in [1.165, 1.54) is 12.1 Å². The van der Waals surface area contributed by atoms with Gasteiger partial charge in [-0.3, -0.25) is 10.1 Å². The predicted octanol–water partition coefficient (Wildman–Crippen LogP) is 2.85. The summed E-state index contributed by atoms with van der Waals surface area (Å²) in [5, 5.41) is 13.9. The Kier molecular flexibility index (Phi) is 2.50. The number of aromatic nitrogens is 1. The highest BCUT2D eigenvalue weighted by Gasteiger charge is 2.45. The molecule has 1 aromatic heterocycles. The molecule has 6 heteroatoms. The first-order chi connectivity index (χ1) is 7.38. The molecule has 1 fully saturated rings. The minimum absolute atomic E-state index is 0.0408. The monoisotopic (exact) mass is 241 g/mol. The number of nitrogens with one attached hydrogen (secondary N) is 1. The van der Waals surface area contributed by atoms with Crippen molar-refractivity contribution in [2.24, 2.45) is 5.41 Å². The minimum Gasteiger partial charge on any atom is -0.367 e. The summed E-state index contributed by atoms with van der Waals surface area (Å²) in [6.45, 7) is 4.26. The first-order valence-corrected chi connectivity index (χ1v) is 5.35. The fourth-order valence-electron chi connectivity index (χ4n) is 1.55. The molecule has 0 amide bonds. The smallest absolute Gasteiger partial charge is 0.276 e. The number of nitrogens with zero attached hydrogens (tertiary/aromatic N) is 2. The van der Waals surface area contributed by atoms with E-state index in [2.05, 4.69) is 24.1 Å². The SMILES string of the molecule is CC1(C)CC1Nc1cc([N+](=O)[O-])cc(Cl)n1. The zero-order valence-corrected chi connectivity index (χ0v) is 9.78. The lowest BCUT2D eigenvalue weighted by Gasteiger charge is -2.07. The van der Waals surface area contributed by atoms with E-state index in [1.54, 1.807) is 0 Å². The van der Waals surface area contributed by atoms with Gasteiger partial charge in [0, 0.05) is 6.04 Å². The Morgan fingerprint density at radius 1 is 1.62 bits per heavy atom. The number of hydrogen-bond donors (Lipinski definition) is 1. The van der Waals surface area contributed by atoms with Gasteiger partial charge in [-0.15, -0.1) is 0 Å². The number of anilines is 1. The van der Waals surface area contributed by atoms with Gasteiger partial charge in [-0.25, -0.2) is 4.98 Å². The number of pyridine rings is 1. The summed E-state index contributed by atoms with van der Waals surface area (Å²) < 4.78 is 0. The second-order valence-electron chi connectivity index (χ2n) is 4.68. The summed E-state index contributed by atoms with van der Waals surface area (Å²) >= 11 is 5.71. The van der Waals surface area contributed by atoms with Gasteiger partial charge in [-0.1, -0.05) is 25.4 Å². The Morgan fingerprint density at radius 2 is 2.25 bits per heavy atom. The van der Waals surface area contributed by atoms with Crippen LogP contribution < -0.4 is 5.32 Å². The van der Waals surface area contributed by atoms with Crippen molar-refractivity contribution in [1.82, 2.24) is 4.98 Å². The summed E-state index contributed by atoms with van der Waals surface area (Å²) in [5.74, 6) is 0.467. The maximum atomic E-state index is 10.6. The molecule has 16 heavy (non-hydrogen) atoms. The van der Waals surface area contributed by atoms with Crippen LogP contribution in [0, 0.1) is 15.5 Å². The molecule has 0 spiro atoms.